The van der Waals surface area contributed by atoms with Gasteiger partial charge in [0.2, 0.25) is 0 Å². The van der Waals surface area contributed by atoms with Crippen LogP contribution in [0.15, 0.2) is 47.4 Å². The van der Waals surface area contributed by atoms with Crippen LogP contribution >= 0.6 is 0 Å². The largest absolute Gasteiger partial charge is 0.534 e. The lowest BCUT2D eigenvalue weighted by Gasteiger charge is -2.13. The Balaban J connectivity index is 2.16. The summed E-state index contributed by atoms with van der Waals surface area (Å²) in [5.74, 6) is -2.01. The van der Waals surface area contributed by atoms with Crippen LogP contribution in [0.5, 0.6) is 5.75 Å². The lowest BCUT2D eigenvalue weighted by atomic mass is 10.0. The molecule has 190 valence electrons. The molecule has 2 aromatic carbocycles. The molecule has 0 spiro atoms. The molecule has 0 fully saturated rings. The van der Waals surface area contributed by atoms with Crippen LogP contribution in [-0.4, -0.2) is 38.4 Å². The highest BCUT2D eigenvalue weighted by Gasteiger charge is 2.48. The lowest BCUT2D eigenvalue weighted by Crippen LogP contribution is -2.28. The molecule has 0 saturated heterocycles. The van der Waals surface area contributed by atoms with Gasteiger partial charge in [-0.15, -0.1) is 0 Å². The zero-order chi connectivity index (χ0) is 26.6. The Morgan fingerprint density at radius 1 is 0.914 bits per heavy atom. The minimum Gasteiger partial charge on any atom is -0.376 e. The molecule has 35 heavy (non-hydrogen) atoms. The molecule has 1 heterocycles. The Morgan fingerprint density at radius 3 is 2.03 bits per heavy atom. The number of halogens is 7. The second-order valence-corrected chi connectivity index (χ2v) is 10.7. The van der Waals surface area contributed by atoms with Gasteiger partial charge in [-0.2, -0.15) is 39.9 Å². The summed E-state index contributed by atoms with van der Waals surface area (Å²) in [6, 6.07) is 5.70. The second kappa shape index (κ2) is 8.51. The predicted molar refractivity (Wildman–Crippen MR) is 107 cm³/mol. The molecule has 7 nitrogen and oxygen atoms in total. The summed E-state index contributed by atoms with van der Waals surface area (Å²) < 4.78 is 142. The SMILES string of the molecule is Cc1cc(OS(=O)(=O)C(F)(F)F)ccc1-c1cc(C(F)(F)F)nn1-c1ccc(S(C)(=O)=O)c(F)c1. The maximum atomic E-state index is 14.4. The molecule has 0 saturated carbocycles. The molecule has 0 aliphatic carbocycles. The van der Waals surface area contributed by atoms with Gasteiger partial charge >= 0.3 is 21.8 Å². The van der Waals surface area contributed by atoms with Crippen molar-refractivity contribution in [3.05, 3.63) is 59.5 Å². The molecule has 3 rings (SSSR count). The minimum atomic E-state index is -5.99. The molecular formula is C19H13F7N2O5S2. The van der Waals surface area contributed by atoms with Gasteiger partial charge in [0.25, 0.3) is 0 Å². The van der Waals surface area contributed by atoms with E-state index >= 15 is 0 Å². The van der Waals surface area contributed by atoms with Crippen LogP contribution in [-0.2, 0) is 26.1 Å². The fourth-order valence-corrected chi connectivity index (χ4v) is 4.16. The van der Waals surface area contributed by atoms with Gasteiger partial charge in [0.1, 0.15) is 16.5 Å². The summed E-state index contributed by atoms with van der Waals surface area (Å²) in [7, 11) is -9.97. The summed E-state index contributed by atoms with van der Waals surface area (Å²) in [6.45, 7) is 1.25. The normalized spacial score (nSPS) is 13.2. The zero-order valence-corrected chi connectivity index (χ0v) is 19.1. The van der Waals surface area contributed by atoms with E-state index in [2.05, 4.69) is 9.28 Å². The maximum absolute atomic E-state index is 14.4. The van der Waals surface area contributed by atoms with Gasteiger partial charge in [-0.25, -0.2) is 17.5 Å². The lowest BCUT2D eigenvalue weighted by molar-refractivity contribution is -0.141. The Kier molecular flexibility index (Phi) is 6.44. The van der Waals surface area contributed by atoms with Crippen molar-refractivity contribution in [2.24, 2.45) is 0 Å². The van der Waals surface area contributed by atoms with E-state index in [0.29, 0.717) is 16.8 Å². The van der Waals surface area contributed by atoms with E-state index in [1.807, 2.05) is 0 Å². The van der Waals surface area contributed by atoms with E-state index in [9.17, 15) is 47.6 Å². The first kappa shape index (κ1) is 26.5. The number of aryl methyl sites for hydroxylation is 1. The van der Waals surface area contributed by atoms with Crippen LogP contribution in [0.25, 0.3) is 16.9 Å². The van der Waals surface area contributed by atoms with Gasteiger partial charge in [0, 0.05) is 17.9 Å². The van der Waals surface area contributed by atoms with E-state index in [-0.39, 0.29) is 22.5 Å². The van der Waals surface area contributed by atoms with Crippen LogP contribution < -0.4 is 4.18 Å². The Hall–Kier alpha value is -3.14. The molecule has 0 unspecified atom stereocenters. The van der Waals surface area contributed by atoms with Crippen LogP contribution in [0.2, 0.25) is 0 Å². The Labute approximate surface area is 193 Å². The second-order valence-electron chi connectivity index (χ2n) is 7.17. The summed E-state index contributed by atoms with van der Waals surface area (Å²) in [5.41, 5.74) is -7.76. The van der Waals surface area contributed by atoms with E-state index in [1.165, 1.54) is 6.92 Å². The van der Waals surface area contributed by atoms with Gasteiger partial charge < -0.3 is 4.18 Å². The number of hydrogen-bond donors (Lipinski definition) is 0. The molecule has 3 aromatic rings. The fourth-order valence-electron chi connectivity index (χ4n) is 2.98. The topological polar surface area (TPSA) is 95.3 Å². The molecule has 0 bridgehead atoms. The van der Waals surface area contributed by atoms with Crippen molar-refractivity contribution < 1.29 is 51.8 Å². The van der Waals surface area contributed by atoms with Crippen LogP contribution in [0.3, 0.4) is 0 Å². The predicted octanol–water partition coefficient (Wildman–Crippen LogP) is 4.64. The van der Waals surface area contributed by atoms with Crippen molar-refractivity contribution in [1.82, 2.24) is 9.78 Å². The summed E-state index contributed by atoms with van der Waals surface area (Å²) in [5, 5.41) is 3.42. The van der Waals surface area contributed by atoms with Crippen molar-refractivity contribution in [3.8, 4) is 22.7 Å². The standard InChI is InChI=1S/C19H13F7N2O5S2/c1-10-7-12(33-35(31,32)19(24,25)26)4-5-13(10)15-9-17(18(21,22)23)27-28(15)11-3-6-16(14(20)8-11)34(2,29)30/h3-9H,1-2H3. The third-order valence-electron chi connectivity index (χ3n) is 4.52. The Morgan fingerprint density at radius 2 is 1.54 bits per heavy atom. The van der Waals surface area contributed by atoms with Gasteiger partial charge in [0.15, 0.2) is 15.5 Å². The average molecular weight is 546 g/mol. The average Bonchev–Trinajstić information content (AvgIpc) is 3.11. The van der Waals surface area contributed by atoms with Crippen LogP contribution in [0.4, 0.5) is 30.7 Å². The molecule has 0 aliphatic rings. The molecule has 1 aromatic heterocycles. The maximum Gasteiger partial charge on any atom is 0.534 e. The quantitative estimate of drug-likeness (QED) is 0.263. The van der Waals surface area contributed by atoms with E-state index < -0.39 is 53.8 Å². The Bertz CT molecular complexity index is 1510. The first-order valence-electron chi connectivity index (χ1n) is 9.10. The van der Waals surface area contributed by atoms with Crippen molar-refractivity contribution in [3.63, 3.8) is 0 Å². The van der Waals surface area contributed by atoms with Gasteiger partial charge in [0.05, 0.1) is 11.4 Å². The van der Waals surface area contributed by atoms with Crippen molar-refractivity contribution in [2.75, 3.05) is 6.26 Å². The van der Waals surface area contributed by atoms with Crippen LogP contribution in [0.1, 0.15) is 11.3 Å². The van der Waals surface area contributed by atoms with Crippen molar-refractivity contribution in [2.45, 2.75) is 23.5 Å². The first-order chi connectivity index (χ1) is 15.8. The molecule has 0 atom stereocenters. The molecular weight excluding hydrogens is 533 g/mol. The number of aromatic nitrogens is 2. The third-order valence-corrected chi connectivity index (χ3v) is 6.63. The zero-order valence-electron chi connectivity index (χ0n) is 17.4. The van der Waals surface area contributed by atoms with Gasteiger partial charge in [-0.3, -0.25) is 0 Å². The molecule has 0 N–H and O–H groups in total. The van der Waals surface area contributed by atoms with Gasteiger partial charge in [-0.1, -0.05) is 0 Å². The number of rotatable bonds is 5. The monoisotopic (exact) mass is 546 g/mol. The van der Waals surface area contributed by atoms with Gasteiger partial charge in [-0.05, 0) is 48.9 Å². The van der Waals surface area contributed by atoms with E-state index in [1.54, 1.807) is 0 Å². The fraction of sp³-hybridized carbons (Fsp3) is 0.211. The molecule has 0 radical (unpaired) electrons. The van der Waals surface area contributed by atoms with Crippen LogP contribution in [0, 0.1) is 12.7 Å². The number of benzene rings is 2. The van der Waals surface area contributed by atoms with E-state index in [4.69, 9.17) is 0 Å². The summed E-state index contributed by atoms with van der Waals surface area (Å²) >= 11 is 0. The highest BCUT2D eigenvalue weighted by Crippen LogP contribution is 2.36. The number of sulfone groups is 1. The third kappa shape index (κ3) is 5.42. The number of alkyl halides is 6. The highest BCUT2D eigenvalue weighted by atomic mass is 32.2. The van der Waals surface area contributed by atoms with Crippen molar-refractivity contribution in [1.29, 1.82) is 0 Å². The molecule has 0 amide bonds. The smallest absolute Gasteiger partial charge is 0.376 e. The summed E-state index contributed by atoms with van der Waals surface area (Å²) in [4.78, 5) is -0.699. The molecule has 0 aliphatic heterocycles. The van der Waals surface area contributed by atoms with Crippen molar-refractivity contribution >= 4 is 20.0 Å². The van der Waals surface area contributed by atoms with E-state index in [0.717, 1.165) is 36.6 Å². The highest BCUT2D eigenvalue weighted by molar-refractivity contribution is 7.90. The first-order valence-corrected chi connectivity index (χ1v) is 12.4. The number of nitrogens with zero attached hydrogens (tertiary/aromatic N) is 2. The molecule has 16 heteroatoms. The number of hydrogen-bond acceptors (Lipinski definition) is 6. The minimum absolute atomic E-state index is 0.0111. The summed E-state index contributed by atoms with van der Waals surface area (Å²) in [6.07, 6.45) is -4.21.